The van der Waals surface area contributed by atoms with Crippen molar-refractivity contribution >= 4 is 22.9 Å². The Labute approximate surface area is 191 Å². The largest absolute Gasteiger partial charge is 0.454 e. The Morgan fingerprint density at radius 2 is 1.76 bits per heavy atom. The number of imidazole rings is 1. The summed E-state index contributed by atoms with van der Waals surface area (Å²) in [7, 11) is 0. The van der Waals surface area contributed by atoms with Crippen LogP contribution in [0.5, 0.6) is 11.5 Å². The lowest BCUT2D eigenvalue weighted by Crippen LogP contribution is -2.46. The standard InChI is InChI=1S/C24H25N7O2/c1-2-4-17(5-3-1)13-25-22-21-23(27-15-26-22)29-24(28-21)31-10-8-30(9-11-31)14-18-6-7-19-20(12-18)33-16-32-19/h1-7,12,15H,8-11,13-14,16H2,(H2,25,26,27,28,29). The molecule has 0 atom stereocenters. The summed E-state index contributed by atoms with van der Waals surface area (Å²) in [4.78, 5) is 21.7. The Morgan fingerprint density at radius 3 is 2.64 bits per heavy atom. The molecule has 33 heavy (non-hydrogen) atoms. The summed E-state index contributed by atoms with van der Waals surface area (Å²) < 4.78 is 10.9. The molecule has 168 valence electrons. The van der Waals surface area contributed by atoms with E-state index in [1.807, 2.05) is 24.3 Å². The third-order valence-electron chi connectivity index (χ3n) is 6.09. The number of anilines is 2. The molecule has 0 bridgehead atoms. The molecule has 0 saturated carbocycles. The predicted molar refractivity (Wildman–Crippen MR) is 126 cm³/mol. The molecule has 4 aromatic rings. The first kappa shape index (κ1) is 19.8. The lowest BCUT2D eigenvalue weighted by atomic mass is 10.1. The second-order valence-corrected chi connectivity index (χ2v) is 8.27. The number of benzene rings is 2. The van der Waals surface area contributed by atoms with Crippen LogP contribution in [0.15, 0.2) is 54.9 Å². The molecule has 2 aliphatic rings. The number of fused-ring (bicyclic) bond motifs is 2. The topological polar surface area (TPSA) is 91.4 Å². The zero-order valence-corrected chi connectivity index (χ0v) is 18.2. The van der Waals surface area contributed by atoms with Gasteiger partial charge in [0.2, 0.25) is 12.7 Å². The first-order chi connectivity index (χ1) is 16.3. The Bertz CT molecular complexity index is 1250. The van der Waals surface area contributed by atoms with E-state index in [1.54, 1.807) is 6.33 Å². The molecule has 2 N–H and O–H groups in total. The van der Waals surface area contributed by atoms with Crippen molar-refractivity contribution in [2.45, 2.75) is 13.1 Å². The first-order valence-electron chi connectivity index (χ1n) is 11.2. The summed E-state index contributed by atoms with van der Waals surface area (Å²) in [6, 6.07) is 16.5. The number of rotatable bonds is 6. The Hall–Kier alpha value is -3.85. The van der Waals surface area contributed by atoms with Gasteiger partial charge in [-0.15, -0.1) is 0 Å². The van der Waals surface area contributed by atoms with E-state index in [9.17, 15) is 0 Å². The summed E-state index contributed by atoms with van der Waals surface area (Å²) in [5, 5.41) is 3.40. The molecule has 9 heteroatoms. The van der Waals surface area contributed by atoms with Gasteiger partial charge in [-0.2, -0.15) is 4.98 Å². The van der Waals surface area contributed by atoms with E-state index in [0.717, 1.165) is 61.5 Å². The number of ether oxygens (including phenoxy) is 2. The van der Waals surface area contributed by atoms with Gasteiger partial charge in [-0.3, -0.25) is 4.90 Å². The number of hydrogen-bond donors (Lipinski definition) is 2. The van der Waals surface area contributed by atoms with Gasteiger partial charge in [0, 0.05) is 39.3 Å². The van der Waals surface area contributed by atoms with Gasteiger partial charge < -0.3 is 24.7 Å². The van der Waals surface area contributed by atoms with E-state index in [-0.39, 0.29) is 0 Å². The van der Waals surface area contributed by atoms with Crippen molar-refractivity contribution in [3.8, 4) is 11.5 Å². The van der Waals surface area contributed by atoms with Gasteiger partial charge in [0.05, 0.1) is 0 Å². The lowest BCUT2D eigenvalue weighted by Gasteiger charge is -2.34. The van der Waals surface area contributed by atoms with Crippen molar-refractivity contribution < 1.29 is 9.47 Å². The molecule has 0 spiro atoms. The first-order valence-corrected chi connectivity index (χ1v) is 11.2. The van der Waals surface area contributed by atoms with Crippen LogP contribution in [-0.2, 0) is 13.1 Å². The quantitative estimate of drug-likeness (QED) is 0.470. The average molecular weight is 444 g/mol. The van der Waals surface area contributed by atoms with Gasteiger partial charge in [0.25, 0.3) is 0 Å². The summed E-state index contributed by atoms with van der Waals surface area (Å²) >= 11 is 0. The van der Waals surface area contributed by atoms with Crippen molar-refractivity contribution in [2.24, 2.45) is 0 Å². The molecule has 4 heterocycles. The number of hydrogen-bond acceptors (Lipinski definition) is 8. The number of aromatic nitrogens is 4. The van der Waals surface area contributed by atoms with E-state index in [4.69, 9.17) is 14.5 Å². The molecule has 2 aromatic carbocycles. The number of H-pyrrole nitrogens is 1. The van der Waals surface area contributed by atoms with Crippen LogP contribution in [0.25, 0.3) is 11.2 Å². The number of piperazine rings is 1. The highest BCUT2D eigenvalue weighted by atomic mass is 16.7. The highest BCUT2D eigenvalue weighted by Gasteiger charge is 2.22. The highest BCUT2D eigenvalue weighted by Crippen LogP contribution is 2.33. The van der Waals surface area contributed by atoms with Gasteiger partial charge in [-0.25, -0.2) is 9.97 Å². The summed E-state index contributed by atoms with van der Waals surface area (Å²) in [6.45, 7) is 5.59. The molecule has 1 saturated heterocycles. The Kier molecular flexibility index (Phi) is 5.16. The monoisotopic (exact) mass is 443 g/mol. The average Bonchev–Trinajstić information content (AvgIpc) is 3.51. The van der Waals surface area contributed by atoms with E-state index in [2.05, 4.69) is 54.3 Å². The highest BCUT2D eigenvalue weighted by molar-refractivity contribution is 5.84. The van der Waals surface area contributed by atoms with Crippen molar-refractivity contribution in [1.82, 2.24) is 24.8 Å². The van der Waals surface area contributed by atoms with E-state index in [0.29, 0.717) is 19.0 Å². The minimum atomic E-state index is 0.308. The molecule has 0 radical (unpaired) electrons. The normalized spacial score (nSPS) is 15.8. The van der Waals surface area contributed by atoms with Gasteiger partial charge >= 0.3 is 0 Å². The second-order valence-electron chi connectivity index (χ2n) is 8.27. The second kappa shape index (κ2) is 8.59. The van der Waals surface area contributed by atoms with Crippen LogP contribution in [0.4, 0.5) is 11.8 Å². The van der Waals surface area contributed by atoms with Crippen LogP contribution in [0.1, 0.15) is 11.1 Å². The molecule has 0 amide bonds. The fourth-order valence-corrected chi connectivity index (χ4v) is 4.30. The van der Waals surface area contributed by atoms with Crippen LogP contribution in [0.2, 0.25) is 0 Å². The van der Waals surface area contributed by atoms with E-state index in [1.165, 1.54) is 11.1 Å². The van der Waals surface area contributed by atoms with Gasteiger partial charge in [0.15, 0.2) is 23.0 Å². The fourth-order valence-electron chi connectivity index (χ4n) is 4.30. The minimum Gasteiger partial charge on any atom is -0.454 e. The smallest absolute Gasteiger partial charge is 0.231 e. The van der Waals surface area contributed by atoms with Crippen LogP contribution >= 0.6 is 0 Å². The Morgan fingerprint density at radius 1 is 0.909 bits per heavy atom. The van der Waals surface area contributed by atoms with Crippen LogP contribution in [0.3, 0.4) is 0 Å². The number of nitrogens with zero attached hydrogens (tertiary/aromatic N) is 5. The lowest BCUT2D eigenvalue weighted by molar-refractivity contribution is 0.174. The van der Waals surface area contributed by atoms with Gasteiger partial charge in [-0.05, 0) is 23.3 Å². The van der Waals surface area contributed by atoms with Crippen molar-refractivity contribution in [1.29, 1.82) is 0 Å². The maximum absolute atomic E-state index is 5.51. The molecular weight excluding hydrogens is 418 g/mol. The number of nitrogens with one attached hydrogen (secondary N) is 2. The fraction of sp³-hybridized carbons (Fsp3) is 0.292. The van der Waals surface area contributed by atoms with Crippen LogP contribution < -0.4 is 19.7 Å². The predicted octanol–water partition coefficient (Wildman–Crippen LogP) is 3.02. The third-order valence-corrected chi connectivity index (χ3v) is 6.09. The summed E-state index contributed by atoms with van der Waals surface area (Å²) in [6.07, 6.45) is 1.56. The molecular formula is C24H25N7O2. The maximum atomic E-state index is 5.51. The summed E-state index contributed by atoms with van der Waals surface area (Å²) in [5.74, 6) is 3.28. The minimum absolute atomic E-state index is 0.308. The molecule has 2 aromatic heterocycles. The molecule has 2 aliphatic heterocycles. The molecule has 0 unspecified atom stereocenters. The SMILES string of the molecule is c1ccc(CNc2ncnc3nc(N4CCN(Cc5ccc6c(c5)OCO6)CC4)[nH]c23)cc1. The van der Waals surface area contributed by atoms with Gasteiger partial charge in [-0.1, -0.05) is 36.4 Å². The van der Waals surface area contributed by atoms with Crippen LogP contribution in [0, 0.1) is 0 Å². The maximum Gasteiger partial charge on any atom is 0.231 e. The molecule has 0 aliphatic carbocycles. The van der Waals surface area contributed by atoms with Crippen molar-refractivity contribution in [3.05, 3.63) is 66.0 Å². The zero-order valence-electron chi connectivity index (χ0n) is 18.2. The Balaban J connectivity index is 1.10. The van der Waals surface area contributed by atoms with E-state index >= 15 is 0 Å². The van der Waals surface area contributed by atoms with Crippen molar-refractivity contribution in [2.75, 3.05) is 43.2 Å². The van der Waals surface area contributed by atoms with Gasteiger partial charge in [0.1, 0.15) is 11.8 Å². The van der Waals surface area contributed by atoms with Crippen LogP contribution in [-0.4, -0.2) is 57.8 Å². The third kappa shape index (κ3) is 4.14. The zero-order chi connectivity index (χ0) is 22.0. The molecule has 6 rings (SSSR count). The molecule has 1 fully saturated rings. The summed E-state index contributed by atoms with van der Waals surface area (Å²) in [5.41, 5.74) is 3.95. The van der Waals surface area contributed by atoms with Crippen molar-refractivity contribution in [3.63, 3.8) is 0 Å². The molecule has 9 nitrogen and oxygen atoms in total. The number of aromatic amines is 1. The van der Waals surface area contributed by atoms with E-state index < -0.39 is 0 Å².